The standard InChI is InChI=1S/C5H10O2/c1-4(2)5(6)7-3/h4H,1-3H3/i5+1. The fraction of sp³-hybridized carbons (Fsp3) is 0.800. The van der Waals surface area contributed by atoms with Gasteiger partial charge in [-0.2, -0.15) is 0 Å². The molecule has 0 saturated heterocycles. The Morgan fingerprint density at radius 2 is 2.00 bits per heavy atom. The Labute approximate surface area is 43.5 Å². The molecule has 0 heterocycles. The van der Waals surface area contributed by atoms with E-state index < -0.39 is 0 Å². The third-order valence-corrected chi connectivity index (χ3v) is 0.673. The van der Waals surface area contributed by atoms with E-state index in [1.54, 1.807) is 13.8 Å². The van der Waals surface area contributed by atoms with E-state index >= 15 is 0 Å². The number of carbonyl (C=O) groups excluding carboxylic acids is 1. The molecule has 7 heavy (non-hydrogen) atoms. The summed E-state index contributed by atoms with van der Waals surface area (Å²) >= 11 is 0. The Morgan fingerprint density at radius 3 is 2.00 bits per heavy atom. The molecule has 0 aliphatic carbocycles. The third kappa shape index (κ3) is 2.20. The largest absolute Gasteiger partial charge is 0.469 e. The second-order valence-corrected chi connectivity index (χ2v) is 1.68. The molecule has 0 aliphatic heterocycles. The number of carbonyl (C=O) groups is 1. The van der Waals surface area contributed by atoms with E-state index in [1.165, 1.54) is 7.11 Å². The summed E-state index contributed by atoms with van der Waals surface area (Å²) < 4.78 is 4.37. The summed E-state index contributed by atoms with van der Waals surface area (Å²) in [6.07, 6.45) is 0. The minimum absolute atomic E-state index is 0.00463. The van der Waals surface area contributed by atoms with Gasteiger partial charge < -0.3 is 4.74 Å². The smallest absolute Gasteiger partial charge is 0.308 e. The zero-order valence-electron chi connectivity index (χ0n) is 4.89. The van der Waals surface area contributed by atoms with Crippen LogP contribution < -0.4 is 0 Å². The molecule has 0 atom stereocenters. The maximum Gasteiger partial charge on any atom is 0.308 e. The van der Waals surface area contributed by atoms with E-state index in [1.807, 2.05) is 0 Å². The molecule has 0 aromatic carbocycles. The number of methoxy groups -OCH3 is 1. The second kappa shape index (κ2) is 2.61. The third-order valence-electron chi connectivity index (χ3n) is 0.673. The van der Waals surface area contributed by atoms with Crippen molar-refractivity contribution in [3.8, 4) is 0 Å². The first-order chi connectivity index (χ1) is 3.18. The Morgan fingerprint density at radius 1 is 1.57 bits per heavy atom. The predicted molar refractivity (Wildman–Crippen MR) is 26.9 cm³/mol. The molecule has 0 spiro atoms. The van der Waals surface area contributed by atoms with Crippen LogP contribution in [0.15, 0.2) is 0 Å². The number of esters is 1. The van der Waals surface area contributed by atoms with Gasteiger partial charge >= 0.3 is 5.97 Å². The lowest BCUT2D eigenvalue weighted by Crippen LogP contribution is -2.07. The van der Waals surface area contributed by atoms with E-state index in [0.717, 1.165) is 0 Å². The van der Waals surface area contributed by atoms with Crippen LogP contribution in [0.25, 0.3) is 0 Å². The van der Waals surface area contributed by atoms with Crippen LogP contribution in [0.5, 0.6) is 0 Å². The van der Waals surface area contributed by atoms with Crippen LogP contribution in [0.1, 0.15) is 13.8 Å². The quantitative estimate of drug-likeness (QED) is 0.362. The number of ether oxygens (including phenoxy) is 1. The Bertz CT molecular complexity index is 66.5. The van der Waals surface area contributed by atoms with Crippen LogP contribution in [0.2, 0.25) is 0 Å². The zero-order valence-corrected chi connectivity index (χ0v) is 4.89. The van der Waals surface area contributed by atoms with Crippen LogP contribution in [0.4, 0.5) is 0 Å². The van der Waals surface area contributed by atoms with Crippen molar-refractivity contribution >= 4 is 5.97 Å². The summed E-state index contributed by atoms with van der Waals surface area (Å²) in [5.41, 5.74) is 0. The highest BCUT2D eigenvalue weighted by atomic mass is 16.6. The van der Waals surface area contributed by atoms with Crippen LogP contribution in [0, 0.1) is 5.92 Å². The van der Waals surface area contributed by atoms with Gasteiger partial charge in [-0.15, -0.1) is 0 Å². The van der Waals surface area contributed by atoms with Gasteiger partial charge in [0.2, 0.25) is 0 Å². The van der Waals surface area contributed by atoms with Crippen molar-refractivity contribution in [1.82, 2.24) is 0 Å². The summed E-state index contributed by atoms with van der Waals surface area (Å²) in [4.78, 5) is 10.3. The van der Waals surface area contributed by atoms with Gasteiger partial charge in [-0.05, 0) is 0 Å². The average molecular weight is 103 g/mol. The van der Waals surface area contributed by atoms with E-state index in [4.69, 9.17) is 0 Å². The number of hydrogen-bond donors (Lipinski definition) is 0. The van der Waals surface area contributed by atoms with Crippen molar-refractivity contribution in [2.24, 2.45) is 5.92 Å². The fourth-order valence-electron chi connectivity index (χ4n) is 0.236. The van der Waals surface area contributed by atoms with Crippen molar-refractivity contribution < 1.29 is 9.53 Å². The van der Waals surface area contributed by atoms with Gasteiger partial charge in [0.15, 0.2) is 0 Å². The summed E-state index contributed by atoms with van der Waals surface area (Å²) in [5.74, 6) is -0.148. The zero-order chi connectivity index (χ0) is 5.86. The van der Waals surface area contributed by atoms with Crippen molar-refractivity contribution in [3.63, 3.8) is 0 Å². The molecule has 0 rings (SSSR count). The van der Waals surface area contributed by atoms with Gasteiger partial charge in [0, 0.05) is 0 Å². The van der Waals surface area contributed by atoms with Gasteiger partial charge in [0.25, 0.3) is 0 Å². The molecule has 0 aliphatic rings. The lowest BCUT2D eigenvalue weighted by Gasteiger charge is -1.97. The van der Waals surface area contributed by atoms with Gasteiger partial charge in [0.1, 0.15) is 0 Å². The maximum atomic E-state index is 10.3. The second-order valence-electron chi connectivity index (χ2n) is 1.68. The molecule has 0 N–H and O–H groups in total. The van der Waals surface area contributed by atoms with E-state index in [-0.39, 0.29) is 11.9 Å². The summed E-state index contributed by atoms with van der Waals surface area (Å²) in [6.45, 7) is 3.59. The highest BCUT2D eigenvalue weighted by Gasteiger charge is 2.03. The average Bonchev–Trinajstić information content (AvgIpc) is 1.65. The van der Waals surface area contributed by atoms with Gasteiger partial charge in [-0.25, -0.2) is 0 Å². The van der Waals surface area contributed by atoms with Crippen molar-refractivity contribution in [3.05, 3.63) is 0 Å². The normalized spacial score (nSPS) is 9.14. The topological polar surface area (TPSA) is 26.3 Å². The Hall–Kier alpha value is -0.530. The molecule has 42 valence electrons. The summed E-state index contributed by atoms with van der Waals surface area (Å²) in [7, 11) is 1.39. The van der Waals surface area contributed by atoms with E-state index in [2.05, 4.69) is 4.74 Å². The predicted octanol–water partition coefficient (Wildman–Crippen LogP) is 0.815. The maximum absolute atomic E-state index is 10.3. The van der Waals surface area contributed by atoms with Crippen LogP contribution in [-0.2, 0) is 9.53 Å². The summed E-state index contributed by atoms with van der Waals surface area (Å²) in [5, 5.41) is 0. The molecular formula is C5H10O2. The van der Waals surface area contributed by atoms with Gasteiger partial charge in [-0.1, -0.05) is 13.8 Å². The first kappa shape index (κ1) is 6.47. The SMILES string of the molecule is CO[13C](=O)C(C)C. The molecule has 0 fully saturated rings. The molecule has 0 amide bonds. The monoisotopic (exact) mass is 103 g/mol. The van der Waals surface area contributed by atoms with Crippen LogP contribution in [-0.4, -0.2) is 13.1 Å². The molecule has 0 radical (unpaired) electrons. The van der Waals surface area contributed by atoms with Crippen LogP contribution >= 0.6 is 0 Å². The first-order valence-electron chi connectivity index (χ1n) is 2.26. The van der Waals surface area contributed by atoms with Crippen molar-refractivity contribution in [2.75, 3.05) is 7.11 Å². The molecule has 0 aromatic rings. The molecule has 0 aromatic heterocycles. The fourth-order valence-corrected chi connectivity index (χ4v) is 0.236. The first-order valence-corrected chi connectivity index (χ1v) is 2.26. The van der Waals surface area contributed by atoms with E-state index in [9.17, 15) is 4.79 Å². The number of hydrogen-bond acceptors (Lipinski definition) is 2. The van der Waals surface area contributed by atoms with Crippen LogP contribution in [0.3, 0.4) is 0 Å². The lowest BCUT2D eigenvalue weighted by atomic mass is 10.4. The van der Waals surface area contributed by atoms with Gasteiger partial charge in [0.05, 0.1) is 13.0 Å². The number of rotatable bonds is 1. The molecular weight excluding hydrogens is 93.0 g/mol. The molecule has 0 bridgehead atoms. The molecule has 0 saturated carbocycles. The van der Waals surface area contributed by atoms with Gasteiger partial charge in [-0.3, -0.25) is 4.79 Å². The molecule has 0 unspecified atom stereocenters. The Kier molecular flexibility index (Phi) is 2.41. The minimum Gasteiger partial charge on any atom is -0.469 e. The minimum atomic E-state index is -0.153. The van der Waals surface area contributed by atoms with Crippen molar-refractivity contribution in [2.45, 2.75) is 13.8 Å². The Balaban J connectivity index is 3.35. The highest BCUT2D eigenvalue weighted by molar-refractivity contribution is 5.71. The van der Waals surface area contributed by atoms with Crippen molar-refractivity contribution in [1.29, 1.82) is 0 Å². The highest BCUT2D eigenvalue weighted by Crippen LogP contribution is 1.91. The van der Waals surface area contributed by atoms with E-state index in [0.29, 0.717) is 0 Å². The molecule has 2 heteroatoms. The molecule has 2 nitrogen and oxygen atoms in total. The lowest BCUT2D eigenvalue weighted by molar-refractivity contribution is -0.144. The summed E-state index contributed by atoms with van der Waals surface area (Å²) in [6, 6.07) is 0.